The van der Waals surface area contributed by atoms with E-state index in [1.54, 1.807) is 0 Å². The summed E-state index contributed by atoms with van der Waals surface area (Å²) in [5, 5.41) is 8.78. The SMILES string of the molecule is CS(=O)(=O)c1ccc(-c2cc(F)ccc2CCC(=O)O)cc1C(F)(F)F. The first-order valence-electron chi connectivity index (χ1n) is 7.31. The van der Waals surface area contributed by atoms with Gasteiger partial charge in [-0.05, 0) is 47.4 Å². The molecule has 26 heavy (non-hydrogen) atoms. The minimum atomic E-state index is -4.93. The molecule has 0 heterocycles. The van der Waals surface area contributed by atoms with Gasteiger partial charge in [0.2, 0.25) is 0 Å². The van der Waals surface area contributed by atoms with Crippen molar-refractivity contribution in [2.45, 2.75) is 23.9 Å². The number of rotatable bonds is 5. The van der Waals surface area contributed by atoms with E-state index < -0.39 is 38.3 Å². The zero-order valence-electron chi connectivity index (χ0n) is 13.5. The molecular formula is C17H14F4O4S. The van der Waals surface area contributed by atoms with Gasteiger partial charge in [-0.3, -0.25) is 4.79 Å². The lowest BCUT2D eigenvalue weighted by molar-refractivity contribution is -0.140. The molecule has 0 unspecified atom stereocenters. The summed E-state index contributed by atoms with van der Waals surface area (Å²) in [6.45, 7) is 0. The maximum Gasteiger partial charge on any atom is 0.417 e. The minimum Gasteiger partial charge on any atom is -0.481 e. The Kier molecular flexibility index (Phi) is 5.41. The van der Waals surface area contributed by atoms with Crippen LogP contribution < -0.4 is 0 Å². The summed E-state index contributed by atoms with van der Waals surface area (Å²) in [7, 11) is -4.13. The summed E-state index contributed by atoms with van der Waals surface area (Å²) in [5.74, 6) is -1.82. The van der Waals surface area contributed by atoms with Crippen LogP contribution in [0, 0.1) is 5.82 Å². The second-order valence-corrected chi connectivity index (χ2v) is 7.66. The van der Waals surface area contributed by atoms with Gasteiger partial charge in [0.05, 0.1) is 10.5 Å². The molecule has 0 atom stereocenters. The number of benzene rings is 2. The summed E-state index contributed by atoms with van der Waals surface area (Å²) in [4.78, 5) is 9.86. The van der Waals surface area contributed by atoms with Gasteiger partial charge in [-0.15, -0.1) is 0 Å². The van der Waals surface area contributed by atoms with Crippen LogP contribution in [-0.2, 0) is 27.2 Å². The molecule has 2 aromatic carbocycles. The average molecular weight is 390 g/mol. The zero-order valence-corrected chi connectivity index (χ0v) is 14.3. The Morgan fingerprint density at radius 1 is 1.12 bits per heavy atom. The number of carboxylic acids is 1. The number of hydrogen-bond acceptors (Lipinski definition) is 3. The molecule has 0 aliphatic heterocycles. The van der Waals surface area contributed by atoms with E-state index in [4.69, 9.17) is 5.11 Å². The molecule has 0 bridgehead atoms. The van der Waals surface area contributed by atoms with Gasteiger partial charge in [0.1, 0.15) is 5.82 Å². The molecule has 9 heteroatoms. The summed E-state index contributed by atoms with van der Waals surface area (Å²) in [6.07, 6.45) is -4.56. The minimum absolute atomic E-state index is 0.0138. The van der Waals surface area contributed by atoms with Gasteiger partial charge in [-0.25, -0.2) is 12.8 Å². The Morgan fingerprint density at radius 2 is 1.77 bits per heavy atom. The lowest BCUT2D eigenvalue weighted by Gasteiger charge is -2.15. The highest BCUT2D eigenvalue weighted by Crippen LogP contribution is 2.38. The molecule has 0 saturated carbocycles. The van der Waals surface area contributed by atoms with Crippen molar-refractivity contribution < 1.29 is 35.9 Å². The van der Waals surface area contributed by atoms with E-state index in [-0.39, 0.29) is 24.0 Å². The fraction of sp³-hybridized carbons (Fsp3) is 0.235. The normalized spacial score (nSPS) is 12.2. The molecule has 1 N–H and O–H groups in total. The van der Waals surface area contributed by atoms with Gasteiger partial charge in [0, 0.05) is 12.7 Å². The maximum absolute atomic E-state index is 13.6. The molecule has 0 aliphatic rings. The third-order valence-corrected chi connectivity index (χ3v) is 4.83. The van der Waals surface area contributed by atoms with Crippen LogP contribution in [0.25, 0.3) is 11.1 Å². The van der Waals surface area contributed by atoms with Crippen molar-refractivity contribution in [2.24, 2.45) is 0 Å². The van der Waals surface area contributed by atoms with E-state index in [9.17, 15) is 30.8 Å². The van der Waals surface area contributed by atoms with E-state index in [2.05, 4.69) is 0 Å². The van der Waals surface area contributed by atoms with Gasteiger partial charge >= 0.3 is 12.1 Å². The van der Waals surface area contributed by atoms with E-state index in [0.717, 1.165) is 24.3 Å². The Hall–Kier alpha value is -2.42. The predicted octanol–water partition coefficient (Wildman–Crippen LogP) is 3.93. The highest BCUT2D eigenvalue weighted by Gasteiger charge is 2.36. The number of carbonyl (C=O) groups is 1. The third kappa shape index (κ3) is 4.60. The first kappa shape index (κ1) is 19.9. The molecule has 0 radical (unpaired) electrons. The van der Waals surface area contributed by atoms with Crippen LogP contribution in [0.5, 0.6) is 0 Å². The predicted molar refractivity (Wildman–Crippen MR) is 85.9 cm³/mol. The van der Waals surface area contributed by atoms with Crippen molar-refractivity contribution >= 4 is 15.8 Å². The highest BCUT2D eigenvalue weighted by molar-refractivity contribution is 7.90. The van der Waals surface area contributed by atoms with Crippen LogP contribution in [-0.4, -0.2) is 25.7 Å². The molecule has 0 aromatic heterocycles. The quantitative estimate of drug-likeness (QED) is 0.786. The van der Waals surface area contributed by atoms with Crippen LogP contribution >= 0.6 is 0 Å². The molecular weight excluding hydrogens is 376 g/mol. The number of halogens is 4. The molecule has 0 fully saturated rings. The molecule has 0 aliphatic carbocycles. The van der Waals surface area contributed by atoms with Gasteiger partial charge in [0.15, 0.2) is 9.84 Å². The second-order valence-electron chi connectivity index (χ2n) is 5.68. The van der Waals surface area contributed by atoms with Crippen molar-refractivity contribution in [3.05, 3.63) is 53.3 Å². The van der Waals surface area contributed by atoms with Crippen LogP contribution in [0.4, 0.5) is 17.6 Å². The summed E-state index contributed by atoms with van der Waals surface area (Å²) < 4.78 is 76.7. The number of carboxylic acid groups (broad SMARTS) is 1. The fourth-order valence-corrected chi connectivity index (χ4v) is 3.41. The van der Waals surface area contributed by atoms with E-state index in [0.29, 0.717) is 17.9 Å². The average Bonchev–Trinajstić information content (AvgIpc) is 2.51. The Bertz CT molecular complexity index is 950. The number of hydrogen-bond donors (Lipinski definition) is 1. The standard InChI is InChI=1S/C17H14F4O4S/c1-26(24,25)15-6-3-11(8-14(15)17(19,20)21)13-9-12(18)5-2-10(13)4-7-16(22)23/h2-3,5-6,8-9H,4,7H2,1H3,(H,22,23). The van der Waals surface area contributed by atoms with Crippen LogP contribution in [0.15, 0.2) is 41.3 Å². The summed E-state index contributed by atoms with van der Waals surface area (Å²) >= 11 is 0. The Morgan fingerprint density at radius 3 is 2.31 bits per heavy atom. The van der Waals surface area contributed by atoms with Crippen LogP contribution in [0.2, 0.25) is 0 Å². The molecule has 0 saturated heterocycles. The van der Waals surface area contributed by atoms with Gasteiger partial charge in [0.25, 0.3) is 0 Å². The largest absolute Gasteiger partial charge is 0.481 e. The molecule has 4 nitrogen and oxygen atoms in total. The maximum atomic E-state index is 13.6. The topological polar surface area (TPSA) is 71.4 Å². The smallest absolute Gasteiger partial charge is 0.417 e. The van der Waals surface area contributed by atoms with E-state index >= 15 is 0 Å². The lowest BCUT2D eigenvalue weighted by Crippen LogP contribution is -2.12. The first-order valence-corrected chi connectivity index (χ1v) is 9.20. The zero-order chi connectivity index (χ0) is 19.7. The van der Waals surface area contributed by atoms with Gasteiger partial charge < -0.3 is 5.11 Å². The molecule has 140 valence electrons. The fourth-order valence-electron chi connectivity index (χ4n) is 2.52. The van der Waals surface area contributed by atoms with Crippen molar-refractivity contribution in [3.8, 4) is 11.1 Å². The monoisotopic (exact) mass is 390 g/mol. The molecule has 0 spiro atoms. The highest BCUT2D eigenvalue weighted by atomic mass is 32.2. The van der Waals surface area contributed by atoms with Gasteiger partial charge in [-0.2, -0.15) is 13.2 Å². The van der Waals surface area contributed by atoms with E-state index in [1.807, 2.05) is 0 Å². The first-order chi connectivity index (χ1) is 11.9. The van der Waals surface area contributed by atoms with Crippen LogP contribution in [0.3, 0.4) is 0 Å². The van der Waals surface area contributed by atoms with Gasteiger partial charge in [-0.1, -0.05) is 12.1 Å². The second kappa shape index (κ2) is 7.06. The van der Waals surface area contributed by atoms with Crippen molar-refractivity contribution in [1.29, 1.82) is 0 Å². The number of alkyl halides is 3. The number of aryl methyl sites for hydroxylation is 1. The Labute approximate surface area is 147 Å². The van der Waals surface area contributed by atoms with Crippen molar-refractivity contribution in [3.63, 3.8) is 0 Å². The molecule has 0 amide bonds. The molecule has 2 aromatic rings. The van der Waals surface area contributed by atoms with E-state index in [1.165, 1.54) is 6.07 Å². The number of sulfone groups is 1. The summed E-state index contributed by atoms with van der Waals surface area (Å²) in [5.41, 5.74) is -0.985. The van der Waals surface area contributed by atoms with Crippen LogP contribution in [0.1, 0.15) is 17.5 Å². The summed E-state index contributed by atoms with van der Waals surface area (Å²) in [6, 6.07) is 5.97. The third-order valence-electron chi connectivity index (χ3n) is 3.68. The molecule has 2 rings (SSSR count). The van der Waals surface area contributed by atoms with Crippen molar-refractivity contribution in [1.82, 2.24) is 0 Å². The Balaban J connectivity index is 2.66. The number of aliphatic carboxylic acids is 1. The van der Waals surface area contributed by atoms with Crippen molar-refractivity contribution in [2.75, 3.05) is 6.26 Å². The lowest BCUT2D eigenvalue weighted by atomic mass is 9.95.